The summed E-state index contributed by atoms with van der Waals surface area (Å²) in [6, 6.07) is 168. The molecule has 0 unspecified atom stereocenters. The third-order valence-electron chi connectivity index (χ3n) is 26.9. The van der Waals surface area contributed by atoms with E-state index in [2.05, 4.69) is 340 Å². The fraction of sp³-hybridized carbons (Fsp3) is 0. The third kappa shape index (κ3) is 19.5. The van der Waals surface area contributed by atoms with Crippen LogP contribution in [0.3, 0.4) is 0 Å². The van der Waals surface area contributed by atoms with Gasteiger partial charge in [-0.25, -0.2) is 54.8 Å². The summed E-state index contributed by atoms with van der Waals surface area (Å²) in [6.07, 6.45) is 9.13. The summed E-state index contributed by atoms with van der Waals surface area (Å²) in [5.41, 5.74) is 30.7. The number of hydrogen-bond donors (Lipinski definition) is 0. The van der Waals surface area contributed by atoms with E-state index >= 15 is 0 Å². The molecule has 10 heterocycles. The number of fused-ring (bicyclic) bond motifs is 6. The van der Waals surface area contributed by atoms with E-state index in [4.69, 9.17) is 54.8 Å². The molecule has 0 bridgehead atoms. The number of aromatic nitrogens is 16. The Morgan fingerprint density at radius 3 is 0.660 bits per heavy atom. The average molecular weight is 1920 g/mol. The first-order valence-electron chi connectivity index (χ1n) is 49.6. The van der Waals surface area contributed by atoms with Gasteiger partial charge in [0.05, 0.1) is 50.5 Å². The van der Waals surface area contributed by atoms with Crippen LogP contribution in [0.2, 0.25) is 0 Å². The second kappa shape index (κ2) is 41.0. The van der Waals surface area contributed by atoms with E-state index in [1.807, 2.05) is 195 Å². The smallest absolute Gasteiger partial charge is 0.164 e. The topological polar surface area (TPSA) is 206 Å². The summed E-state index contributed by atoms with van der Waals surface area (Å²) < 4.78 is 0. The van der Waals surface area contributed by atoms with Crippen molar-refractivity contribution >= 4 is 65.2 Å². The fourth-order valence-corrected chi connectivity index (χ4v) is 19.0. The van der Waals surface area contributed by atoms with Crippen LogP contribution in [0.15, 0.2) is 522 Å². The number of hydrogen-bond acceptors (Lipinski definition) is 16. The van der Waals surface area contributed by atoms with E-state index in [-0.39, 0.29) is 0 Å². The fourth-order valence-electron chi connectivity index (χ4n) is 19.0. The van der Waals surface area contributed by atoms with Crippen LogP contribution in [0.25, 0.3) is 268 Å². The van der Waals surface area contributed by atoms with Crippen LogP contribution >= 0.6 is 0 Å². The quantitative estimate of drug-likeness (QED) is 0.0783. The summed E-state index contributed by atoms with van der Waals surface area (Å²) in [6.45, 7) is 0. The Labute approximate surface area is 864 Å². The van der Waals surface area contributed by atoms with Crippen molar-refractivity contribution in [3.05, 3.63) is 522 Å². The van der Waals surface area contributed by atoms with E-state index in [0.717, 1.165) is 183 Å². The predicted molar refractivity (Wildman–Crippen MR) is 607 cm³/mol. The van der Waals surface area contributed by atoms with Crippen molar-refractivity contribution in [2.45, 2.75) is 0 Å². The Morgan fingerprint density at radius 1 is 0.107 bits per heavy atom. The lowest BCUT2D eigenvalue weighted by atomic mass is 9.99. The average Bonchev–Trinajstić information content (AvgIpc) is 0.786. The van der Waals surface area contributed by atoms with E-state index in [1.165, 1.54) is 32.7 Å². The maximum atomic E-state index is 5.10. The molecule has 0 saturated carbocycles. The van der Waals surface area contributed by atoms with Crippen LogP contribution in [0.4, 0.5) is 0 Å². The Kier molecular flexibility index (Phi) is 24.8. The monoisotopic (exact) mass is 1920 g/mol. The third-order valence-corrected chi connectivity index (χ3v) is 26.9. The van der Waals surface area contributed by atoms with Crippen LogP contribution in [-0.4, -0.2) is 79.7 Å². The molecule has 0 N–H and O–H groups in total. The maximum absolute atomic E-state index is 5.10. The predicted octanol–water partition coefficient (Wildman–Crippen LogP) is 32.3. The van der Waals surface area contributed by atoms with Gasteiger partial charge in [0.2, 0.25) is 0 Å². The van der Waals surface area contributed by atoms with Crippen molar-refractivity contribution in [1.29, 1.82) is 0 Å². The molecule has 150 heavy (non-hydrogen) atoms. The van der Waals surface area contributed by atoms with Crippen LogP contribution in [0.1, 0.15) is 0 Å². The lowest BCUT2D eigenvalue weighted by molar-refractivity contribution is 1.07. The lowest BCUT2D eigenvalue weighted by Gasteiger charge is -2.12. The first-order valence-corrected chi connectivity index (χ1v) is 49.6. The van der Waals surface area contributed by atoms with Crippen molar-refractivity contribution in [1.82, 2.24) is 79.7 Å². The maximum Gasteiger partial charge on any atom is 0.164 e. The molecule has 0 aliphatic heterocycles. The van der Waals surface area contributed by atoms with Crippen molar-refractivity contribution < 1.29 is 0 Å². The summed E-state index contributed by atoms with van der Waals surface area (Å²) >= 11 is 0. The van der Waals surface area contributed by atoms with Crippen LogP contribution in [0.5, 0.6) is 0 Å². The van der Waals surface area contributed by atoms with Crippen molar-refractivity contribution in [3.63, 3.8) is 0 Å². The van der Waals surface area contributed by atoms with Crippen molar-refractivity contribution in [2.75, 3.05) is 0 Å². The van der Waals surface area contributed by atoms with Gasteiger partial charge in [0.1, 0.15) is 0 Å². The number of rotatable bonds is 18. The molecule has 0 atom stereocenters. The van der Waals surface area contributed by atoms with Gasteiger partial charge in [0, 0.05) is 130 Å². The van der Waals surface area contributed by atoms with Crippen LogP contribution in [-0.2, 0) is 0 Å². The van der Waals surface area contributed by atoms with E-state index in [9.17, 15) is 0 Å². The molecule has 16 nitrogen and oxygen atoms in total. The Bertz CT molecular complexity index is 8850. The molecule has 0 saturated heterocycles. The summed E-state index contributed by atoms with van der Waals surface area (Å²) in [7, 11) is 0. The van der Waals surface area contributed by atoms with Crippen molar-refractivity contribution in [2.24, 2.45) is 0 Å². The summed E-state index contributed by atoms with van der Waals surface area (Å²) in [5.74, 6) is 5.45. The van der Waals surface area contributed by atoms with Gasteiger partial charge < -0.3 is 0 Å². The molecular formula is C134H86N16. The van der Waals surface area contributed by atoms with Gasteiger partial charge >= 0.3 is 0 Å². The second-order valence-electron chi connectivity index (χ2n) is 36.4. The minimum atomic E-state index is 0.595. The van der Waals surface area contributed by atoms with E-state index in [1.54, 1.807) is 12.4 Å². The molecule has 17 aromatic carbocycles. The lowest BCUT2D eigenvalue weighted by Crippen LogP contribution is -2.00. The Morgan fingerprint density at radius 2 is 0.347 bits per heavy atom. The van der Waals surface area contributed by atoms with Crippen LogP contribution < -0.4 is 0 Å². The highest BCUT2D eigenvalue weighted by atomic mass is 15.1. The molecule has 0 aliphatic rings. The molecule has 0 amide bonds. The summed E-state index contributed by atoms with van der Waals surface area (Å²) in [4.78, 5) is 77.6. The van der Waals surface area contributed by atoms with Gasteiger partial charge in [-0.1, -0.05) is 382 Å². The number of benzene rings is 17. The highest BCUT2D eigenvalue weighted by Gasteiger charge is 2.22. The Balaban J connectivity index is 0.000000116. The Hall–Kier alpha value is -20.6. The molecule has 0 fully saturated rings. The zero-order chi connectivity index (χ0) is 99.8. The number of nitrogens with zero attached hydrogens (tertiary/aromatic N) is 16. The van der Waals surface area contributed by atoms with Crippen LogP contribution in [0, 0.1) is 0 Å². The largest absolute Gasteiger partial charge is 0.256 e. The minimum absolute atomic E-state index is 0.595. The molecule has 702 valence electrons. The molecular weight excluding hydrogens is 1830 g/mol. The molecule has 16 heteroatoms. The van der Waals surface area contributed by atoms with Gasteiger partial charge in [-0.15, -0.1) is 0 Å². The molecule has 0 spiro atoms. The van der Waals surface area contributed by atoms with Gasteiger partial charge in [0.25, 0.3) is 0 Å². The second-order valence-corrected chi connectivity index (χ2v) is 36.4. The summed E-state index contributed by atoms with van der Waals surface area (Å²) in [5, 5.41) is 9.34. The van der Waals surface area contributed by atoms with Gasteiger partial charge in [-0.3, -0.25) is 24.9 Å². The zero-order valence-electron chi connectivity index (χ0n) is 80.8. The first-order chi connectivity index (χ1) is 74.2. The first kappa shape index (κ1) is 90.6. The van der Waals surface area contributed by atoms with Crippen molar-refractivity contribution in [3.8, 4) is 203 Å². The molecule has 27 aromatic rings. The van der Waals surface area contributed by atoms with Gasteiger partial charge in [0.15, 0.2) is 52.4 Å². The highest BCUT2D eigenvalue weighted by Crippen LogP contribution is 2.40. The molecule has 0 aliphatic carbocycles. The van der Waals surface area contributed by atoms with Gasteiger partial charge in [-0.2, -0.15) is 0 Å². The number of pyridine rings is 7. The zero-order valence-corrected chi connectivity index (χ0v) is 80.8. The number of para-hydroxylation sites is 4. The molecule has 0 radical (unpaired) electrons. The van der Waals surface area contributed by atoms with E-state index < -0.39 is 0 Å². The molecule has 27 rings (SSSR count). The highest BCUT2D eigenvalue weighted by molar-refractivity contribution is 5.98. The van der Waals surface area contributed by atoms with E-state index in [0.29, 0.717) is 52.4 Å². The molecule has 10 aromatic heterocycles. The minimum Gasteiger partial charge on any atom is -0.256 e. The standard InChI is InChI=1S/C46H30N4.2C44H28N6/c1-3-9-39-29-41(26-16-31(39)7-1)33-12-20-36(21-13-33)44-48-45(50-46(49-44)38-24-18-35(19-25-38)43-11-5-6-28-47-43)37-22-14-34(15-23-37)42-27-17-32-8-2-4-10-40(32)30-42;1-3-16-40-37(13-1)35(22-25-46-40)31-9-7-11-33(27-31)43-48-42(30-20-18-29(19-21-30)39-15-5-6-24-45-39)49-44(50-43)34-12-8-10-32(28-34)36-23-26-47-41-17-4-2-14-38(36)41;1-3-10-38-29(7-1)24-26-40(46-38)32-14-20-35(21-15-32)43-48-42(34-18-12-31(13-19-34)37-9-5-6-28-45-37)49-44(50-43)36-22-16-33(17-23-36)41-27-25-30-8-2-4-11-39(30)47-41/h1-30H;2*1-28H. The SMILES string of the molecule is c1ccc(-c2ccc(-c3nc(-c4ccc(-c5ccc6ccccc6c5)cc4)nc(-c4ccc(-c5ccc6ccccc6c5)cc4)n3)cc2)nc1.c1ccc(-c2ccc(-c3nc(-c4ccc(-c5ccc6ccccc6n5)cc4)nc(-c4ccc(-c5ccc6ccccc6n5)cc4)n3)cc2)nc1.c1ccc(-c2ccc(-c3nc(-c4cccc(-c5ccnc6ccccc56)c4)nc(-c4cccc(-c5ccnc6ccccc56)c4)n3)cc2)nc1. The normalized spacial score (nSPS) is 11.2. The van der Waals surface area contributed by atoms with Gasteiger partial charge in [-0.05, 0) is 175 Å².